The first-order valence-corrected chi connectivity index (χ1v) is 9.87. The number of esters is 1. The number of rotatable bonds is 10. The van der Waals surface area contributed by atoms with E-state index in [-0.39, 0.29) is 25.2 Å². The maximum absolute atomic E-state index is 12.5. The highest BCUT2D eigenvalue weighted by Gasteiger charge is 2.19. The molecule has 2 aromatic rings. The van der Waals surface area contributed by atoms with Crippen LogP contribution >= 0.6 is 0 Å². The molecule has 0 N–H and O–H groups in total. The van der Waals surface area contributed by atoms with E-state index in [4.69, 9.17) is 14.2 Å². The highest BCUT2D eigenvalue weighted by atomic mass is 16.6. The summed E-state index contributed by atoms with van der Waals surface area (Å²) in [5.41, 5.74) is 1.98. The van der Waals surface area contributed by atoms with E-state index in [9.17, 15) is 9.59 Å². The summed E-state index contributed by atoms with van der Waals surface area (Å²) in [7, 11) is 1.53. The van der Waals surface area contributed by atoms with Crippen LogP contribution in [0.15, 0.2) is 54.6 Å². The molecule has 2 rings (SSSR count). The first-order valence-electron chi connectivity index (χ1n) is 9.87. The number of carbonyl (C=O) groups is 2. The second-order valence-electron chi connectivity index (χ2n) is 6.96. The van der Waals surface area contributed by atoms with Gasteiger partial charge in [0.2, 0.25) is 0 Å². The molecule has 0 radical (unpaired) electrons. The largest absolute Gasteiger partial charge is 0.493 e. The van der Waals surface area contributed by atoms with Crippen LogP contribution < -0.4 is 9.47 Å². The van der Waals surface area contributed by atoms with Crippen molar-refractivity contribution in [2.24, 2.45) is 0 Å². The topological polar surface area (TPSA) is 65.1 Å². The fourth-order valence-corrected chi connectivity index (χ4v) is 2.84. The summed E-state index contributed by atoms with van der Waals surface area (Å²) in [6.45, 7) is 5.60. The van der Waals surface area contributed by atoms with E-state index >= 15 is 0 Å². The lowest BCUT2D eigenvalue weighted by Gasteiger charge is -2.26. The average Bonchev–Trinajstić information content (AvgIpc) is 2.75. The number of carbonyl (C=O) groups excluding carboxylic acids is 2. The molecule has 6 heteroatoms. The third kappa shape index (κ3) is 6.95. The van der Waals surface area contributed by atoms with Crippen LogP contribution in [0.2, 0.25) is 0 Å². The molecule has 0 aromatic heterocycles. The first-order chi connectivity index (χ1) is 14.4. The Kier molecular flexibility index (Phi) is 8.94. The zero-order valence-corrected chi connectivity index (χ0v) is 18.0. The van der Waals surface area contributed by atoms with Crippen LogP contribution in [0.25, 0.3) is 6.08 Å². The molecule has 0 aliphatic carbocycles. The van der Waals surface area contributed by atoms with Crippen molar-refractivity contribution in [1.82, 2.24) is 4.90 Å². The van der Waals surface area contributed by atoms with Gasteiger partial charge in [-0.2, -0.15) is 0 Å². The molecular formula is C24H29NO5. The molecule has 1 amide bonds. The normalized spacial score (nSPS) is 10.8. The van der Waals surface area contributed by atoms with Gasteiger partial charge in [0.1, 0.15) is 0 Å². The molecule has 0 heterocycles. The Balaban J connectivity index is 1.88. The van der Waals surface area contributed by atoms with E-state index in [2.05, 4.69) is 0 Å². The molecule has 0 saturated heterocycles. The Bertz CT molecular complexity index is 861. The van der Waals surface area contributed by atoms with Gasteiger partial charge >= 0.3 is 5.97 Å². The molecule has 0 atom stereocenters. The summed E-state index contributed by atoms with van der Waals surface area (Å²) >= 11 is 0. The van der Waals surface area contributed by atoms with Crippen molar-refractivity contribution in [2.45, 2.75) is 33.4 Å². The van der Waals surface area contributed by atoms with Gasteiger partial charge in [-0.25, -0.2) is 4.79 Å². The molecule has 30 heavy (non-hydrogen) atoms. The van der Waals surface area contributed by atoms with Crippen LogP contribution in [0.4, 0.5) is 0 Å². The highest BCUT2D eigenvalue weighted by molar-refractivity contribution is 5.81. The highest BCUT2D eigenvalue weighted by Crippen LogP contribution is 2.28. The van der Waals surface area contributed by atoms with Crippen molar-refractivity contribution in [3.05, 3.63) is 65.7 Å². The van der Waals surface area contributed by atoms with Crippen LogP contribution in [-0.2, 0) is 20.9 Å². The Hall–Kier alpha value is -3.28. The second-order valence-corrected chi connectivity index (χ2v) is 6.96. The van der Waals surface area contributed by atoms with Gasteiger partial charge in [0.15, 0.2) is 24.7 Å². The van der Waals surface area contributed by atoms with Crippen molar-refractivity contribution in [2.75, 3.05) is 20.3 Å². The van der Waals surface area contributed by atoms with E-state index in [1.165, 1.54) is 7.11 Å². The third-order valence-corrected chi connectivity index (χ3v) is 4.39. The Morgan fingerprint density at radius 2 is 1.77 bits per heavy atom. The monoisotopic (exact) mass is 411 g/mol. The zero-order valence-electron chi connectivity index (χ0n) is 18.0. The molecule has 160 valence electrons. The van der Waals surface area contributed by atoms with Crippen LogP contribution in [0.1, 0.15) is 31.9 Å². The van der Waals surface area contributed by atoms with Gasteiger partial charge in [-0.3, -0.25) is 4.79 Å². The van der Waals surface area contributed by atoms with E-state index in [0.717, 1.165) is 11.1 Å². The number of nitrogens with zero attached hydrogens (tertiary/aromatic N) is 1. The van der Waals surface area contributed by atoms with Crippen LogP contribution in [0.3, 0.4) is 0 Å². The Morgan fingerprint density at radius 3 is 2.40 bits per heavy atom. The van der Waals surface area contributed by atoms with Gasteiger partial charge in [-0.05, 0) is 44.0 Å². The van der Waals surface area contributed by atoms with Gasteiger partial charge in [-0.1, -0.05) is 48.6 Å². The fourth-order valence-electron chi connectivity index (χ4n) is 2.84. The van der Waals surface area contributed by atoms with Crippen molar-refractivity contribution < 1.29 is 23.8 Å². The minimum Gasteiger partial charge on any atom is -0.493 e. The smallest absolute Gasteiger partial charge is 0.344 e. The molecule has 2 aromatic carbocycles. The van der Waals surface area contributed by atoms with Gasteiger partial charge in [0.25, 0.3) is 5.91 Å². The second kappa shape index (κ2) is 11.7. The molecule has 6 nitrogen and oxygen atoms in total. The number of ether oxygens (including phenoxy) is 3. The summed E-state index contributed by atoms with van der Waals surface area (Å²) in [5.74, 6) is 0.0760. The summed E-state index contributed by atoms with van der Waals surface area (Å²) in [6, 6.07) is 15.1. The van der Waals surface area contributed by atoms with Crippen molar-refractivity contribution >= 4 is 18.0 Å². The molecule has 0 bridgehead atoms. The minimum atomic E-state index is -0.619. The van der Waals surface area contributed by atoms with Crippen LogP contribution in [0.5, 0.6) is 11.5 Å². The average molecular weight is 411 g/mol. The molecule has 0 unspecified atom stereocenters. The molecule has 0 aliphatic rings. The number of amides is 1. The SMILES string of the molecule is C/C=C/c1ccc(OCC(=O)OCC(=O)N(Cc2ccccc2)C(C)C)c(OC)c1. The van der Waals surface area contributed by atoms with Crippen molar-refractivity contribution in [1.29, 1.82) is 0 Å². The summed E-state index contributed by atoms with van der Waals surface area (Å²) in [5, 5.41) is 0. The lowest BCUT2D eigenvalue weighted by molar-refractivity contribution is -0.154. The lowest BCUT2D eigenvalue weighted by Crippen LogP contribution is -2.39. The maximum Gasteiger partial charge on any atom is 0.344 e. The molecule has 0 spiro atoms. The predicted octanol–water partition coefficient (Wildman–Crippen LogP) is 4.09. The molecule has 0 aliphatic heterocycles. The lowest BCUT2D eigenvalue weighted by atomic mass is 10.2. The maximum atomic E-state index is 12.5. The Labute approximate surface area is 178 Å². The van der Waals surface area contributed by atoms with Crippen molar-refractivity contribution in [3.8, 4) is 11.5 Å². The van der Waals surface area contributed by atoms with Crippen LogP contribution in [0, 0.1) is 0 Å². The van der Waals surface area contributed by atoms with Gasteiger partial charge in [0.05, 0.1) is 7.11 Å². The van der Waals surface area contributed by atoms with E-state index in [1.54, 1.807) is 11.0 Å². The zero-order chi connectivity index (χ0) is 21.9. The summed E-state index contributed by atoms with van der Waals surface area (Å²) in [6.07, 6.45) is 3.85. The van der Waals surface area contributed by atoms with Gasteiger partial charge < -0.3 is 19.1 Å². The third-order valence-electron chi connectivity index (χ3n) is 4.39. The number of benzene rings is 2. The number of allylic oxidation sites excluding steroid dienone is 1. The van der Waals surface area contributed by atoms with Gasteiger partial charge in [0, 0.05) is 12.6 Å². The number of hydrogen-bond donors (Lipinski definition) is 0. The summed E-state index contributed by atoms with van der Waals surface area (Å²) < 4.78 is 15.9. The number of methoxy groups -OCH3 is 1. The van der Waals surface area contributed by atoms with Crippen molar-refractivity contribution in [3.63, 3.8) is 0 Å². The van der Waals surface area contributed by atoms with E-state index < -0.39 is 5.97 Å². The fraction of sp³-hybridized carbons (Fsp3) is 0.333. The summed E-state index contributed by atoms with van der Waals surface area (Å²) in [4.78, 5) is 26.3. The Morgan fingerprint density at radius 1 is 1.03 bits per heavy atom. The van der Waals surface area contributed by atoms with Crippen LogP contribution in [-0.4, -0.2) is 43.1 Å². The van der Waals surface area contributed by atoms with E-state index in [0.29, 0.717) is 18.0 Å². The molecule has 0 fully saturated rings. The predicted molar refractivity (Wildman–Crippen MR) is 116 cm³/mol. The molecule has 0 saturated carbocycles. The quantitative estimate of drug-likeness (QED) is 0.551. The van der Waals surface area contributed by atoms with Gasteiger partial charge in [-0.15, -0.1) is 0 Å². The van der Waals surface area contributed by atoms with E-state index in [1.807, 2.05) is 75.4 Å². The first kappa shape index (κ1) is 23.0. The standard InChI is InChI=1S/C24H29NO5/c1-5-9-19-12-13-21(22(14-19)28-4)29-17-24(27)30-16-23(26)25(18(2)3)15-20-10-7-6-8-11-20/h5-14,18H,15-17H2,1-4H3/b9-5+. The number of hydrogen-bond acceptors (Lipinski definition) is 5. The minimum absolute atomic E-state index is 0.0207. The molecular weight excluding hydrogens is 382 g/mol.